The number of hydrogen-bond acceptors (Lipinski definition) is 22. The van der Waals surface area contributed by atoms with Crippen LogP contribution in [0.15, 0.2) is 0 Å². The average Bonchev–Trinajstić information content (AvgIpc) is 1.57. The van der Waals surface area contributed by atoms with Crippen molar-refractivity contribution in [2.45, 2.75) is 374 Å². The van der Waals surface area contributed by atoms with Crippen LogP contribution in [0.5, 0.6) is 0 Å². The molecule has 16 rings (SSSR count). The molecule has 122 heavy (non-hydrogen) atoms. The van der Waals surface area contributed by atoms with Gasteiger partial charge in [-0.05, 0) is 323 Å². The summed E-state index contributed by atoms with van der Waals surface area (Å²) in [5.41, 5.74) is -1.56. The lowest BCUT2D eigenvalue weighted by Crippen LogP contribution is -2.48. The lowest BCUT2D eigenvalue weighted by atomic mass is 9.71. The molecule has 10 bridgehead atoms. The van der Waals surface area contributed by atoms with E-state index in [-0.39, 0.29) is 81.8 Å². The molecule has 16 aliphatic carbocycles. The molecule has 0 amide bonds. The summed E-state index contributed by atoms with van der Waals surface area (Å²) in [5.74, 6) is 13.5. The van der Waals surface area contributed by atoms with E-state index in [0.29, 0.717) is 65.1 Å². The average molecular weight is 1710 g/mol. The first-order chi connectivity index (χ1) is 57.2. The normalized spacial score (nSPS) is 42.2. The molecule has 0 aromatic rings. The first-order valence-corrected chi connectivity index (χ1v) is 48.0. The second-order valence-electron chi connectivity index (χ2n) is 42.6. The Labute approximate surface area is 730 Å². The zero-order valence-electron chi connectivity index (χ0n) is 79.0. The van der Waals surface area contributed by atoms with Gasteiger partial charge in [0.1, 0.15) is 22.4 Å². The van der Waals surface area contributed by atoms with Crippen molar-refractivity contribution < 1.29 is 105 Å². The molecule has 33 atom stereocenters. The summed E-state index contributed by atoms with van der Waals surface area (Å²) in [6, 6.07) is 0. The predicted molar refractivity (Wildman–Crippen MR) is 459 cm³/mol. The molecule has 0 N–H and O–H groups in total. The third kappa shape index (κ3) is 22.0. The van der Waals surface area contributed by atoms with E-state index in [4.69, 9.17) is 23.7 Å². The van der Waals surface area contributed by atoms with E-state index < -0.39 is 53.2 Å². The molecule has 22 heteroatoms. The number of fused-ring (bicyclic) bond motifs is 19. The Bertz CT molecular complexity index is 3580. The van der Waals surface area contributed by atoms with E-state index in [2.05, 4.69) is 116 Å². The molecule has 0 aromatic carbocycles. The molecule has 0 spiro atoms. The van der Waals surface area contributed by atoms with Crippen LogP contribution in [0.1, 0.15) is 351 Å². The second kappa shape index (κ2) is 41.3. The zero-order valence-corrected chi connectivity index (χ0v) is 79.0. The summed E-state index contributed by atoms with van der Waals surface area (Å²) in [5, 5.41) is 0. The number of hydrogen-bond donors (Lipinski definition) is 0. The molecule has 16 aliphatic rings. The highest BCUT2D eigenvalue weighted by Crippen LogP contribution is 2.69. The molecule has 0 saturated heterocycles. The highest BCUT2D eigenvalue weighted by molar-refractivity contribution is 5.86. The Balaban J connectivity index is 0.000000167. The maximum Gasteiger partial charge on any atom is 0.313 e. The number of rotatable bonds is 14. The minimum Gasteiger partial charge on any atom is -0.469 e. The van der Waals surface area contributed by atoms with Gasteiger partial charge in [-0.3, -0.25) is 62.3 Å². The largest absolute Gasteiger partial charge is 0.469 e. The van der Waals surface area contributed by atoms with Gasteiger partial charge in [0.05, 0.1) is 36.2 Å². The SMILES string of the molecule is CC(=O)OC(C)=O.CC(=O)OC(C)=O.CC(=O)OC(C)=O.CC(=O)OC(C)=O.CCC1(OC(=O)C2(C)CC(C)CC2C)CC2CC1C1CCCC21.CCC1(OC(=O)C2(CC(=O)OC)CC(C)CC2C)CC2CCC1C2.CCC1(OC(=O)C2C(C)CC(C)C2C)CC2CC1C1CCCC21.CCC1(OC(=O)C2CC3CC2C2C(C)CC(C)C32)CC2CCC1C2. The van der Waals surface area contributed by atoms with Gasteiger partial charge < -0.3 is 42.6 Å². The van der Waals surface area contributed by atoms with Crippen molar-refractivity contribution in [3.8, 4) is 0 Å². The molecular weight excluding hydrogens is 1550 g/mol. The third-order valence-corrected chi connectivity index (χ3v) is 34.9. The van der Waals surface area contributed by atoms with Crippen LogP contribution >= 0.6 is 0 Å². The maximum absolute atomic E-state index is 13.3. The molecule has 0 aromatic heterocycles. The van der Waals surface area contributed by atoms with Crippen LogP contribution in [-0.2, 0) is 105 Å². The highest BCUT2D eigenvalue weighted by Gasteiger charge is 2.67. The number of carbonyl (C=O) groups is 13. The van der Waals surface area contributed by atoms with Gasteiger partial charge in [0, 0.05) is 67.2 Å². The first-order valence-electron chi connectivity index (χ1n) is 48.0. The minimum atomic E-state index is -0.698. The lowest BCUT2D eigenvalue weighted by molar-refractivity contribution is -0.185. The molecule has 0 aliphatic heterocycles. The molecule has 0 heterocycles. The second-order valence-corrected chi connectivity index (χ2v) is 42.6. The number of ether oxygens (including phenoxy) is 9. The Morgan fingerprint density at radius 1 is 0.344 bits per heavy atom. The van der Waals surface area contributed by atoms with E-state index in [9.17, 15) is 62.3 Å². The summed E-state index contributed by atoms with van der Waals surface area (Å²) in [6.45, 7) is 41.0. The van der Waals surface area contributed by atoms with E-state index in [1.807, 2.05) is 0 Å². The van der Waals surface area contributed by atoms with Gasteiger partial charge in [-0.15, -0.1) is 0 Å². The molecular formula is C100H158O22. The summed E-state index contributed by atoms with van der Waals surface area (Å²) in [7, 11) is 1.40. The zero-order chi connectivity index (χ0) is 90.4. The topological polar surface area (TPSA) is 305 Å². The number of methoxy groups -OCH3 is 1. The smallest absolute Gasteiger partial charge is 0.313 e. The number of carbonyl (C=O) groups excluding carboxylic acids is 13. The van der Waals surface area contributed by atoms with Crippen molar-refractivity contribution >= 4 is 77.6 Å². The van der Waals surface area contributed by atoms with Crippen LogP contribution in [0.25, 0.3) is 0 Å². The van der Waals surface area contributed by atoms with E-state index in [1.165, 1.54) is 178 Å². The van der Waals surface area contributed by atoms with Gasteiger partial charge in [0.2, 0.25) is 0 Å². The van der Waals surface area contributed by atoms with E-state index in [1.54, 1.807) is 0 Å². The Morgan fingerprint density at radius 3 is 1.11 bits per heavy atom. The maximum atomic E-state index is 13.3. The van der Waals surface area contributed by atoms with Gasteiger partial charge in [-0.25, -0.2) is 0 Å². The third-order valence-electron chi connectivity index (χ3n) is 34.9. The molecule has 0 radical (unpaired) electrons. The summed E-state index contributed by atoms with van der Waals surface area (Å²) in [4.78, 5) is 143. The lowest BCUT2D eigenvalue weighted by Gasteiger charge is -2.44. The molecule has 690 valence electrons. The van der Waals surface area contributed by atoms with Crippen LogP contribution in [0.2, 0.25) is 0 Å². The fourth-order valence-corrected chi connectivity index (χ4v) is 30.0. The Hall–Kier alpha value is -6.09. The highest BCUT2D eigenvalue weighted by atomic mass is 16.6. The van der Waals surface area contributed by atoms with Crippen molar-refractivity contribution in [3.05, 3.63) is 0 Å². The van der Waals surface area contributed by atoms with Gasteiger partial charge in [0.15, 0.2) is 0 Å². The van der Waals surface area contributed by atoms with Gasteiger partial charge in [-0.1, -0.05) is 103 Å². The van der Waals surface area contributed by atoms with Gasteiger partial charge in [-0.2, -0.15) is 0 Å². The van der Waals surface area contributed by atoms with E-state index >= 15 is 0 Å². The fraction of sp³-hybridized carbons (Fsp3) is 0.870. The van der Waals surface area contributed by atoms with Crippen molar-refractivity contribution in [1.29, 1.82) is 0 Å². The van der Waals surface area contributed by atoms with Crippen LogP contribution in [0.4, 0.5) is 0 Å². The quantitative estimate of drug-likeness (QED) is 0.0886. The summed E-state index contributed by atoms with van der Waals surface area (Å²) < 4.78 is 46.3. The summed E-state index contributed by atoms with van der Waals surface area (Å²) in [6.07, 6.45) is 36.3. The van der Waals surface area contributed by atoms with Crippen LogP contribution in [0.3, 0.4) is 0 Å². The standard InChI is InChI=1S/C22H34O2.2C21H34O2.C20H32O4.4C4H6O3/c1-4-22(11-14-5-6-16(22)8-14)24-21(23)18-10-15-9-17(18)20-13(3)7-12(2)19(15)20;1-5-21(12-15-10-18(21)17-8-6-7-16(15)17)23-19(22)20(4)11-13(2)9-14(20)3;1-5-21(11-15-10-18(21)17-8-6-7-16(15)17)23-20(22)19-13(3)9-12(2)14(19)4;1-5-20(11-15-6-7-16(20)9-15)24-18(22)19(12-17(21)23-4)10-13(2)8-14(19)3;4*1-3(5)7-4(2)6/h12-20H,4-11H2,1-3H3;13-18H,5-12H2,1-4H3;12-19H,5-11H2,1-4H3;13-16H,5-12H2,1-4H3;4*1-2H3. The fourth-order valence-electron chi connectivity index (χ4n) is 30.0. The molecule has 16 saturated carbocycles. The minimum absolute atomic E-state index is 0.0875. The van der Waals surface area contributed by atoms with Crippen LogP contribution < -0.4 is 0 Å². The van der Waals surface area contributed by atoms with Crippen molar-refractivity contribution in [1.82, 2.24) is 0 Å². The van der Waals surface area contributed by atoms with Gasteiger partial charge in [0.25, 0.3) is 0 Å². The monoisotopic (exact) mass is 1710 g/mol. The Kier molecular flexibility index (Phi) is 33.8. The first kappa shape index (κ1) is 99.7. The number of esters is 13. The molecule has 22 nitrogen and oxygen atoms in total. The summed E-state index contributed by atoms with van der Waals surface area (Å²) >= 11 is 0. The molecule has 16 fully saturated rings. The van der Waals surface area contributed by atoms with Crippen LogP contribution in [-0.4, -0.2) is 107 Å². The van der Waals surface area contributed by atoms with Crippen LogP contribution in [0, 0.1) is 171 Å². The van der Waals surface area contributed by atoms with Crippen molar-refractivity contribution in [2.75, 3.05) is 7.11 Å². The van der Waals surface area contributed by atoms with Gasteiger partial charge >= 0.3 is 77.6 Å². The van der Waals surface area contributed by atoms with E-state index in [0.717, 1.165) is 154 Å². The molecule has 33 unspecified atom stereocenters. The Morgan fingerprint density at radius 2 is 0.746 bits per heavy atom. The predicted octanol–water partition coefficient (Wildman–Crippen LogP) is 19.8. The van der Waals surface area contributed by atoms with Crippen molar-refractivity contribution in [3.63, 3.8) is 0 Å². The van der Waals surface area contributed by atoms with Crippen molar-refractivity contribution in [2.24, 2.45) is 171 Å².